The SMILES string of the molecule is COc1ccc([C@H](O)CNC(=O)C(=O)NC2CCCC2)cc1OC. The zero-order valence-electron chi connectivity index (χ0n) is 14.0. The number of rotatable bonds is 6. The van der Waals surface area contributed by atoms with Gasteiger partial charge in [0.2, 0.25) is 0 Å². The predicted molar refractivity (Wildman–Crippen MR) is 87.9 cm³/mol. The van der Waals surface area contributed by atoms with E-state index in [1.165, 1.54) is 14.2 Å². The Balaban J connectivity index is 1.86. The molecule has 1 aliphatic rings. The molecule has 1 aromatic rings. The molecule has 7 nitrogen and oxygen atoms in total. The highest BCUT2D eigenvalue weighted by Gasteiger charge is 2.22. The largest absolute Gasteiger partial charge is 0.493 e. The molecule has 24 heavy (non-hydrogen) atoms. The predicted octanol–water partition coefficient (Wildman–Crippen LogP) is 0.912. The summed E-state index contributed by atoms with van der Waals surface area (Å²) in [6, 6.07) is 5.07. The van der Waals surface area contributed by atoms with Gasteiger partial charge in [-0.25, -0.2) is 0 Å². The Hall–Kier alpha value is -2.28. The van der Waals surface area contributed by atoms with Crippen molar-refractivity contribution in [3.8, 4) is 11.5 Å². The highest BCUT2D eigenvalue weighted by Crippen LogP contribution is 2.29. The second kappa shape index (κ2) is 8.54. The normalized spacial score (nSPS) is 15.6. The van der Waals surface area contributed by atoms with Crippen LogP contribution in [-0.4, -0.2) is 43.7 Å². The summed E-state index contributed by atoms with van der Waals surface area (Å²) in [5, 5.41) is 15.3. The average Bonchev–Trinajstić information content (AvgIpc) is 3.11. The number of methoxy groups -OCH3 is 2. The van der Waals surface area contributed by atoms with E-state index in [9.17, 15) is 14.7 Å². The summed E-state index contributed by atoms with van der Waals surface area (Å²) in [6.07, 6.45) is 3.02. The Morgan fingerprint density at radius 3 is 2.46 bits per heavy atom. The van der Waals surface area contributed by atoms with Gasteiger partial charge in [0, 0.05) is 12.6 Å². The molecule has 0 aromatic heterocycles. The zero-order valence-corrected chi connectivity index (χ0v) is 14.0. The summed E-state index contributed by atoms with van der Waals surface area (Å²) in [6.45, 7) is -0.0631. The molecule has 1 aromatic carbocycles. The van der Waals surface area contributed by atoms with Crippen LogP contribution >= 0.6 is 0 Å². The molecule has 0 aliphatic heterocycles. The fourth-order valence-corrected chi connectivity index (χ4v) is 2.77. The first-order valence-electron chi connectivity index (χ1n) is 8.03. The van der Waals surface area contributed by atoms with Gasteiger partial charge < -0.3 is 25.2 Å². The van der Waals surface area contributed by atoms with Crippen molar-refractivity contribution < 1.29 is 24.2 Å². The number of amides is 2. The first kappa shape index (κ1) is 18.1. The van der Waals surface area contributed by atoms with Crippen LogP contribution in [0.5, 0.6) is 11.5 Å². The molecule has 2 amide bonds. The van der Waals surface area contributed by atoms with Gasteiger partial charge in [-0.1, -0.05) is 18.9 Å². The summed E-state index contributed by atoms with van der Waals surface area (Å²) in [7, 11) is 3.03. The van der Waals surface area contributed by atoms with E-state index in [0.717, 1.165) is 25.7 Å². The zero-order chi connectivity index (χ0) is 17.5. The lowest BCUT2D eigenvalue weighted by Crippen LogP contribution is -2.44. The summed E-state index contributed by atoms with van der Waals surface area (Å²) in [4.78, 5) is 23.6. The maximum absolute atomic E-state index is 11.8. The van der Waals surface area contributed by atoms with Crippen molar-refractivity contribution in [3.05, 3.63) is 23.8 Å². The molecule has 0 heterocycles. The molecule has 0 bridgehead atoms. The quantitative estimate of drug-likeness (QED) is 0.671. The van der Waals surface area contributed by atoms with E-state index in [4.69, 9.17) is 9.47 Å². The molecule has 1 saturated carbocycles. The molecule has 0 unspecified atom stereocenters. The van der Waals surface area contributed by atoms with Crippen molar-refractivity contribution in [1.29, 1.82) is 0 Å². The second-order valence-corrected chi connectivity index (χ2v) is 5.80. The van der Waals surface area contributed by atoms with Crippen LogP contribution < -0.4 is 20.1 Å². The van der Waals surface area contributed by atoms with Crippen LogP contribution in [-0.2, 0) is 9.59 Å². The Morgan fingerprint density at radius 1 is 1.17 bits per heavy atom. The lowest BCUT2D eigenvalue weighted by molar-refractivity contribution is -0.139. The Morgan fingerprint density at radius 2 is 1.83 bits per heavy atom. The van der Waals surface area contributed by atoms with E-state index in [1.807, 2.05) is 0 Å². The molecule has 132 valence electrons. The number of aliphatic hydroxyl groups is 1. The highest BCUT2D eigenvalue weighted by molar-refractivity contribution is 6.35. The van der Waals surface area contributed by atoms with Gasteiger partial charge in [-0.05, 0) is 30.5 Å². The number of hydrogen-bond donors (Lipinski definition) is 3. The molecule has 1 aliphatic carbocycles. The van der Waals surface area contributed by atoms with E-state index in [2.05, 4.69) is 10.6 Å². The van der Waals surface area contributed by atoms with Crippen molar-refractivity contribution in [2.24, 2.45) is 0 Å². The Bertz CT molecular complexity index is 584. The summed E-state index contributed by atoms with van der Waals surface area (Å²) >= 11 is 0. The topological polar surface area (TPSA) is 96.9 Å². The molecule has 3 N–H and O–H groups in total. The minimum Gasteiger partial charge on any atom is -0.493 e. The van der Waals surface area contributed by atoms with Gasteiger partial charge in [0.05, 0.1) is 20.3 Å². The molecular formula is C17H24N2O5. The van der Waals surface area contributed by atoms with Gasteiger partial charge in [0.1, 0.15) is 0 Å². The summed E-state index contributed by atoms with van der Waals surface area (Å²) in [5.41, 5.74) is 0.559. The molecule has 0 saturated heterocycles. The maximum Gasteiger partial charge on any atom is 0.309 e. The summed E-state index contributed by atoms with van der Waals surface area (Å²) in [5.74, 6) is -0.351. The standard InChI is InChI=1S/C17H24N2O5/c1-23-14-8-7-11(9-15(14)24-2)13(20)10-18-16(21)17(22)19-12-5-3-4-6-12/h7-9,12-13,20H,3-6,10H2,1-2H3,(H,18,21)(H,19,22)/t13-/m1/s1. The number of aliphatic hydroxyl groups excluding tert-OH is 1. The number of nitrogens with one attached hydrogen (secondary N) is 2. The molecule has 0 radical (unpaired) electrons. The van der Waals surface area contributed by atoms with Gasteiger partial charge in [-0.15, -0.1) is 0 Å². The monoisotopic (exact) mass is 336 g/mol. The van der Waals surface area contributed by atoms with E-state index in [0.29, 0.717) is 17.1 Å². The third kappa shape index (κ3) is 4.61. The Labute approximate surface area is 141 Å². The molecular weight excluding hydrogens is 312 g/mol. The van der Waals surface area contributed by atoms with E-state index < -0.39 is 17.9 Å². The van der Waals surface area contributed by atoms with E-state index >= 15 is 0 Å². The van der Waals surface area contributed by atoms with Crippen LogP contribution in [0.3, 0.4) is 0 Å². The lowest BCUT2D eigenvalue weighted by atomic mass is 10.1. The minimum atomic E-state index is -0.951. The van der Waals surface area contributed by atoms with Crippen LogP contribution in [0, 0.1) is 0 Å². The summed E-state index contributed by atoms with van der Waals surface area (Å²) < 4.78 is 10.3. The van der Waals surface area contributed by atoms with Crippen LogP contribution in [0.4, 0.5) is 0 Å². The Kier molecular flexibility index (Phi) is 6.43. The third-order valence-electron chi connectivity index (χ3n) is 4.14. The molecule has 1 fully saturated rings. The van der Waals surface area contributed by atoms with Crippen LogP contribution in [0.25, 0.3) is 0 Å². The number of benzene rings is 1. The van der Waals surface area contributed by atoms with Gasteiger partial charge in [0.25, 0.3) is 0 Å². The van der Waals surface area contributed by atoms with Crippen molar-refractivity contribution in [2.75, 3.05) is 20.8 Å². The third-order valence-corrected chi connectivity index (χ3v) is 4.14. The maximum atomic E-state index is 11.8. The number of hydrogen-bond acceptors (Lipinski definition) is 5. The number of carbonyl (C=O) groups excluding carboxylic acids is 2. The molecule has 1 atom stereocenters. The fourth-order valence-electron chi connectivity index (χ4n) is 2.77. The van der Waals surface area contributed by atoms with Gasteiger partial charge in [-0.3, -0.25) is 9.59 Å². The van der Waals surface area contributed by atoms with Gasteiger partial charge in [0.15, 0.2) is 11.5 Å². The average molecular weight is 336 g/mol. The van der Waals surface area contributed by atoms with E-state index in [1.54, 1.807) is 18.2 Å². The van der Waals surface area contributed by atoms with Crippen LogP contribution in [0.1, 0.15) is 37.4 Å². The molecule has 0 spiro atoms. The minimum absolute atomic E-state index is 0.0631. The fraction of sp³-hybridized carbons (Fsp3) is 0.529. The van der Waals surface area contributed by atoms with Crippen molar-refractivity contribution >= 4 is 11.8 Å². The highest BCUT2D eigenvalue weighted by atomic mass is 16.5. The second-order valence-electron chi connectivity index (χ2n) is 5.80. The van der Waals surface area contributed by atoms with Gasteiger partial charge in [-0.2, -0.15) is 0 Å². The van der Waals surface area contributed by atoms with Crippen LogP contribution in [0.2, 0.25) is 0 Å². The van der Waals surface area contributed by atoms with Crippen molar-refractivity contribution in [1.82, 2.24) is 10.6 Å². The number of carbonyl (C=O) groups is 2. The van der Waals surface area contributed by atoms with Crippen molar-refractivity contribution in [2.45, 2.75) is 37.8 Å². The van der Waals surface area contributed by atoms with Gasteiger partial charge >= 0.3 is 11.8 Å². The molecule has 2 rings (SSSR count). The first-order valence-corrected chi connectivity index (χ1v) is 8.03. The lowest BCUT2D eigenvalue weighted by Gasteiger charge is -2.15. The molecule has 7 heteroatoms. The smallest absolute Gasteiger partial charge is 0.309 e. The van der Waals surface area contributed by atoms with Crippen LogP contribution in [0.15, 0.2) is 18.2 Å². The van der Waals surface area contributed by atoms with Crippen molar-refractivity contribution in [3.63, 3.8) is 0 Å². The first-order chi connectivity index (χ1) is 11.5. The van der Waals surface area contributed by atoms with E-state index in [-0.39, 0.29) is 12.6 Å². The number of ether oxygens (including phenoxy) is 2.